The van der Waals surface area contributed by atoms with E-state index in [0.717, 1.165) is 24.6 Å². The molecule has 0 spiro atoms. The van der Waals surface area contributed by atoms with Gasteiger partial charge in [0.25, 0.3) is 0 Å². The fraction of sp³-hybridized carbons (Fsp3) is 0.286. The quantitative estimate of drug-likeness (QED) is 0.872. The fourth-order valence-electron chi connectivity index (χ4n) is 1.76. The lowest BCUT2D eigenvalue weighted by atomic mass is 10.1. The van der Waals surface area contributed by atoms with Gasteiger partial charge in [-0.25, -0.2) is 9.97 Å². The van der Waals surface area contributed by atoms with E-state index in [0.29, 0.717) is 0 Å². The molecule has 0 aliphatic carbocycles. The van der Waals surface area contributed by atoms with Crippen molar-refractivity contribution in [2.24, 2.45) is 0 Å². The van der Waals surface area contributed by atoms with Gasteiger partial charge in [0.05, 0.1) is 0 Å². The highest BCUT2D eigenvalue weighted by Crippen LogP contribution is 2.06. The van der Waals surface area contributed by atoms with E-state index in [2.05, 4.69) is 46.5 Å². The molecule has 88 valence electrons. The van der Waals surface area contributed by atoms with Crippen LogP contribution in [0.25, 0.3) is 0 Å². The maximum atomic E-state index is 4.30. The minimum atomic E-state index is 0.797. The third kappa shape index (κ3) is 3.55. The summed E-state index contributed by atoms with van der Waals surface area (Å²) < 4.78 is 0. The Morgan fingerprint density at radius 1 is 1.18 bits per heavy atom. The number of anilines is 1. The minimum Gasteiger partial charge on any atom is -0.370 e. The van der Waals surface area contributed by atoms with Crippen LogP contribution in [0.3, 0.4) is 0 Å². The highest BCUT2D eigenvalue weighted by atomic mass is 15.0. The molecule has 0 saturated heterocycles. The van der Waals surface area contributed by atoms with Gasteiger partial charge in [0.15, 0.2) is 0 Å². The summed E-state index contributed by atoms with van der Waals surface area (Å²) in [6.45, 7) is 4.90. The van der Waals surface area contributed by atoms with Gasteiger partial charge < -0.3 is 5.32 Å². The summed E-state index contributed by atoms with van der Waals surface area (Å²) in [4.78, 5) is 8.37. The molecule has 1 aromatic heterocycles. The monoisotopic (exact) mass is 227 g/mol. The van der Waals surface area contributed by atoms with Crippen LogP contribution in [0.15, 0.2) is 36.5 Å². The van der Waals surface area contributed by atoms with Gasteiger partial charge in [-0.05, 0) is 31.9 Å². The summed E-state index contributed by atoms with van der Waals surface area (Å²) in [5.74, 6) is 1.69. The summed E-state index contributed by atoms with van der Waals surface area (Å²) in [5, 5.41) is 3.30. The van der Waals surface area contributed by atoms with Gasteiger partial charge in [-0.1, -0.05) is 29.8 Å². The van der Waals surface area contributed by atoms with Crippen LogP contribution in [0.4, 0.5) is 5.82 Å². The number of benzene rings is 1. The Labute approximate surface area is 102 Å². The highest BCUT2D eigenvalue weighted by molar-refractivity contribution is 5.33. The number of nitrogens with one attached hydrogen (secondary N) is 1. The van der Waals surface area contributed by atoms with Crippen molar-refractivity contribution in [1.82, 2.24) is 9.97 Å². The molecule has 0 unspecified atom stereocenters. The standard InChI is InChI=1S/C14H17N3/c1-11-4-3-5-13(10-11)6-8-16-14-7-9-15-12(2)17-14/h3-5,7,9-10H,6,8H2,1-2H3,(H,15,16,17). The molecule has 3 heteroatoms. The van der Waals surface area contributed by atoms with Gasteiger partial charge in [-0.2, -0.15) is 0 Å². The molecular formula is C14H17N3. The van der Waals surface area contributed by atoms with Crippen LogP contribution in [-0.4, -0.2) is 16.5 Å². The molecule has 0 aliphatic heterocycles. The van der Waals surface area contributed by atoms with E-state index in [1.54, 1.807) is 6.20 Å². The Balaban J connectivity index is 1.87. The van der Waals surface area contributed by atoms with Gasteiger partial charge in [0.2, 0.25) is 0 Å². The van der Waals surface area contributed by atoms with E-state index < -0.39 is 0 Å². The molecule has 0 atom stereocenters. The lowest BCUT2D eigenvalue weighted by Gasteiger charge is -2.06. The van der Waals surface area contributed by atoms with Gasteiger partial charge in [-0.15, -0.1) is 0 Å². The van der Waals surface area contributed by atoms with Crippen molar-refractivity contribution in [1.29, 1.82) is 0 Å². The molecule has 0 aliphatic rings. The molecule has 0 saturated carbocycles. The second-order valence-corrected chi connectivity index (χ2v) is 4.15. The van der Waals surface area contributed by atoms with Crippen molar-refractivity contribution in [2.45, 2.75) is 20.3 Å². The van der Waals surface area contributed by atoms with Crippen LogP contribution < -0.4 is 5.32 Å². The third-order valence-electron chi connectivity index (χ3n) is 2.58. The van der Waals surface area contributed by atoms with Crippen LogP contribution in [0.2, 0.25) is 0 Å². The summed E-state index contributed by atoms with van der Waals surface area (Å²) in [6.07, 6.45) is 2.78. The molecule has 17 heavy (non-hydrogen) atoms. The molecule has 3 nitrogen and oxygen atoms in total. The average molecular weight is 227 g/mol. The molecule has 2 aromatic rings. The van der Waals surface area contributed by atoms with Crippen molar-refractivity contribution in [2.75, 3.05) is 11.9 Å². The molecule has 0 fully saturated rings. The number of hydrogen-bond acceptors (Lipinski definition) is 3. The minimum absolute atomic E-state index is 0.797. The lowest BCUT2D eigenvalue weighted by molar-refractivity contribution is 0.980. The van der Waals surface area contributed by atoms with Crippen molar-refractivity contribution < 1.29 is 0 Å². The maximum Gasteiger partial charge on any atom is 0.129 e. The zero-order chi connectivity index (χ0) is 12.1. The number of hydrogen-bond donors (Lipinski definition) is 1. The van der Waals surface area contributed by atoms with E-state index >= 15 is 0 Å². The van der Waals surface area contributed by atoms with E-state index in [9.17, 15) is 0 Å². The first-order chi connectivity index (χ1) is 8.24. The molecule has 1 heterocycles. The summed E-state index contributed by atoms with van der Waals surface area (Å²) in [7, 11) is 0. The summed E-state index contributed by atoms with van der Waals surface area (Å²) >= 11 is 0. The Bertz CT molecular complexity index is 449. The van der Waals surface area contributed by atoms with Crippen LogP contribution in [0.5, 0.6) is 0 Å². The Morgan fingerprint density at radius 2 is 2.06 bits per heavy atom. The predicted octanol–water partition coefficient (Wildman–Crippen LogP) is 2.75. The zero-order valence-electron chi connectivity index (χ0n) is 10.3. The van der Waals surface area contributed by atoms with Crippen molar-refractivity contribution in [3.63, 3.8) is 0 Å². The van der Waals surface area contributed by atoms with Gasteiger partial charge in [0, 0.05) is 12.7 Å². The molecule has 0 radical (unpaired) electrons. The van der Waals surface area contributed by atoms with E-state index in [1.807, 2.05) is 13.0 Å². The number of aromatic nitrogens is 2. The topological polar surface area (TPSA) is 37.8 Å². The van der Waals surface area contributed by atoms with Crippen molar-refractivity contribution >= 4 is 5.82 Å². The number of nitrogens with zero attached hydrogens (tertiary/aromatic N) is 2. The molecule has 1 aromatic carbocycles. The Morgan fingerprint density at radius 3 is 2.82 bits per heavy atom. The maximum absolute atomic E-state index is 4.30. The number of aryl methyl sites for hydroxylation is 2. The van der Waals surface area contributed by atoms with Crippen LogP contribution >= 0.6 is 0 Å². The SMILES string of the molecule is Cc1cccc(CCNc2ccnc(C)n2)c1. The summed E-state index contributed by atoms with van der Waals surface area (Å²) in [5.41, 5.74) is 2.66. The first-order valence-corrected chi connectivity index (χ1v) is 5.83. The smallest absolute Gasteiger partial charge is 0.129 e. The molecule has 0 bridgehead atoms. The summed E-state index contributed by atoms with van der Waals surface area (Å²) in [6, 6.07) is 10.5. The number of rotatable bonds is 4. The highest BCUT2D eigenvalue weighted by Gasteiger charge is 1.96. The third-order valence-corrected chi connectivity index (χ3v) is 2.58. The van der Waals surface area contributed by atoms with Gasteiger partial charge >= 0.3 is 0 Å². The Hall–Kier alpha value is -1.90. The van der Waals surface area contributed by atoms with Crippen molar-refractivity contribution in [3.05, 3.63) is 53.5 Å². The van der Waals surface area contributed by atoms with Gasteiger partial charge in [-0.3, -0.25) is 0 Å². The zero-order valence-corrected chi connectivity index (χ0v) is 10.3. The lowest BCUT2D eigenvalue weighted by Crippen LogP contribution is -2.07. The van der Waals surface area contributed by atoms with E-state index in [4.69, 9.17) is 0 Å². The van der Waals surface area contributed by atoms with Crippen LogP contribution in [0.1, 0.15) is 17.0 Å². The second kappa shape index (κ2) is 5.43. The molecule has 0 amide bonds. The second-order valence-electron chi connectivity index (χ2n) is 4.15. The average Bonchev–Trinajstić information content (AvgIpc) is 2.29. The van der Waals surface area contributed by atoms with Crippen molar-refractivity contribution in [3.8, 4) is 0 Å². The fourth-order valence-corrected chi connectivity index (χ4v) is 1.76. The molecule has 1 N–H and O–H groups in total. The molecule has 2 rings (SSSR count). The van der Waals surface area contributed by atoms with Gasteiger partial charge in [0.1, 0.15) is 11.6 Å². The van der Waals surface area contributed by atoms with Crippen LogP contribution in [-0.2, 0) is 6.42 Å². The largest absolute Gasteiger partial charge is 0.370 e. The van der Waals surface area contributed by atoms with Crippen LogP contribution in [0, 0.1) is 13.8 Å². The molecular weight excluding hydrogens is 210 g/mol. The first-order valence-electron chi connectivity index (χ1n) is 5.83. The first kappa shape index (κ1) is 11.6. The van der Waals surface area contributed by atoms with E-state index in [-0.39, 0.29) is 0 Å². The Kier molecular flexibility index (Phi) is 3.70. The normalized spacial score (nSPS) is 10.2. The predicted molar refractivity (Wildman–Crippen MR) is 70.1 cm³/mol. The van der Waals surface area contributed by atoms with E-state index in [1.165, 1.54) is 11.1 Å².